The fourth-order valence-electron chi connectivity index (χ4n) is 1.78. The molecule has 7 heteroatoms. The van der Waals surface area contributed by atoms with Gasteiger partial charge in [-0.25, -0.2) is 0 Å². The van der Waals surface area contributed by atoms with Crippen molar-refractivity contribution in [1.82, 2.24) is 10.2 Å². The van der Waals surface area contributed by atoms with Gasteiger partial charge < -0.3 is 19.9 Å². The number of carbonyl (C=O) groups excluding carboxylic acids is 1. The maximum atomic E-state index is 11.2. The van der Waals surface area contributed by atoms with Crippen LogP contribution in [-0.2, 0) is 19.1 Å². The van der Waals surface area contributed by atoms with Crippen molar-refractivity contribution in [3.8, 4) is 0 Å². The van der Waals surface area contributed by atoms with Crippen LogP contribution in [0.15, 0.2) is 0 Å². The average Bonchev–Trinajstić information content (AvgIpc) is 2.33. The summed E-state index contributed by atoms with van der Waals surface area (Å²) >= 11 is 0. The minimum absolute atomic E-state index is 0.132. The third-order valence-electron chi connectivity index (χ3n) is 2.73. The molecule has 1 fully saturated rings. The summed E-state index contributed by atoms with van der Waals surface area (Å²) in [7, 11) is 1.60. The summed E-state index contributed by atoms with van der Waals surface area (Å²) < 4.78 is 10.1. The molecule has 0 radical (unpaired) electrons. The van der Waals surface area contributed by atoms with E-state index in [1.165, 1.54) is 0 Å². The largest absolute Gasteiger partial charge is 0.480 e. The summed E-state index contributed by atoms with van der Waals surface area (Å²) in [6.07, 6.45) is 0.695. The van der Waals surface area contributed by atoms with E-state index in [2.05, 4.69) is 5.32 Å². The summed E-state index contributed by atoms with van der Waals surface area (Å²) in [5.41, 5.74) is 0. The molecule has 1 atom stereocenters. The van der Waals surface area contributed by atoms with E-state index in [-0.39, 0.29) is 19.0 Å². The fourth-order valence-corrected chi connectivity index (χ4v) is 1.78. The van der Waals surface area contributed by atoms with Crippen LogP contribution in [0, 0.1) is 0 Å². The number of carbonyl (C=O) groups is 2. The summed E-state index contributed by atoms with van der Waals surface area (Å²) in [6.45, 7) is 2.45. The Morgan fingerprint density at radius 3 is 2.94 bits per heavy atom. The first kappa shape index (κ1) is 14.9. The molecule has 1 aliphatic rings. The highest BCUT2D eigenvalue weighted by molar-refractivity contribution is 5.83. The number of ether oxygens (including phenoxy) is 2. The molecule has 0 saturated carbocycles. The highest BCUT2D eigenvalue weighted by atomic mass is 16.5. The predicted octanol–water partition coefficient (Wildman–Crippen LogP) is -1.08. The molecule has 0 aromatic heterocycles. The molecule has 1 rings (SSSR count). The summed E-state index contributed by atoms with van der Waals surface area (Å²) in [6, 6.07) is -0.637. The smallest absolute Gasteiger partial charge is 0.322 e. The van der Waals surface area contributed by atoms with Gasteiger partial charge >= 0.3 is 5.97 Å². The molecular formula is C11H20N2O5. The third kappa shape index (κ3) is 4.99. The maximum absolute atomic E-state index is 11.2. The molecule has 1 amide bonds. The van der Waals surface area contributed by atoms with Crippen LogP contribution in [0.2, 0.25) is 0 Å². The highest BCUT2D eigenvalue weighted by Gasteiger charge is 2.31. The van der Waals surface area contributed by atoms with E-state index in [9.17, 15) is 9.59 Å². The van der Waals surface area contributed by atoms with Gasteiger partial charge in [-0.15, -0.1) is 0 Å². The Kier molecular flexibility index (Phi) is 6.63. The molecule has 1 heterocycles. The monoisotopic (exact) mass is 260 g/mol. The zero-order valence-electron chi connectivity index (χ0n) is 10.6. The topological polar surface area (TPSA) is 88.1 Å². The second-order valence-electron chi connectivity index (χ2n) is 4.09. The van der Waals surface area contributed by atoms with E-state index in [0.717, 1.165) is 0 Å². The van der Waals surface area contributed by atoms with Crippen molar-refractivity contribution in [2.24, 2.45) is 0 Å². The van der Waals surface area contributed by atoms with E-state index in [0.29, 0.717) is 32.8 Å². The molecule has 2 N–H and O–H groups in total. The Bertz CT molecular complexity index is 285. The van der Waals surface area contributed by atoms with E-state index >= 15 is 0 Å². The van der Waals surface area contributed by atoms with Gasteiger partial charge in [0.1, 0.15) is 6.04 Å². The van der Waals surface area contributed by atoms with Crippen LogP contribution in [0.4, 0.5) is 0 Å². The molecule has 18 heavy (non-hydrogen) atoms. The number of amides is 1. The predicted molar refractivity (Wildman–Crippen MR) is 63.3 cm³/mol. The van der Waals surface area contributed by atoms with E-state index in [1.54, 1.807) is 12.0 Å². The summed E-state index contributed by atoms with van der Waals surface area (Å²) in [5.74, 6) is -1.04. The Labute approximate surface area is 106 Å². The first-order valence-electron chi connectivity index (χ1n) is 5.95. The van der Waals surface area contributed by atoms with Gasteiger partial charge in [0, 0.05) is 26.8 Å². The lowest BCUT2D eigenvalue weighted by Crippen LogP contribution is -2.57. The molecule has 7 nitrogen and oxygen atoms in total. The first-order valence-corrected chi connectivity index (χ1v) is 5.95. The number of nitrogens with one attached hydrogen (secondary N) is 1. The molecular weight excluding hydrogens is 240 g/mol. The van der Waals surface area contributed by atoms with Gasteiger partial charge in [0.2, 0.25) is 5.91 Å². The van der Waals surface area contributed by atoms with E-state index < -0.39 is 12.0 Å². The lowest BCUT2D eigenvalue weighted by molar-refractivity contribution is -0.146. The Hall–Kier alpha value is -1.18. The van der Waals surface area contributed by atoms with Crippen LogP contribution in [0.5, 0.6) is 0 Å². The van der Waals surface area contributed by atoms with Gasteiger partial charge in [0.15, 0.2) is 0 Å². The normalized spacial score (nSPS) is 20.7. The molecule has 0 aromatic rings. The van der Waals surface area contributed by atoms with Gasteiger partial charge in [-0.3, -0.25) is 14.5 Å². The second-order valence-corrected chi connectivity index (χ2v) is 4.09. The number of rotatable bonds is 8. The highest BCUT2D eigenvalue weighted by Crippen LogP contribution is 2.05. The van der Waals surface area contributed by atoms with Crippen molar-refractivity contribution in [3.05, 3.63) is 0 Å². The van der Waals surface area contributed by atoms with Crippen molar-refractivity contribution in [3.63, 3.8) is 0 Å². The summed E-state index contributed by atoms with van der Waals surface area (Å²) in [5, 5.41) is 11.6. The van der Waals surface area contributed by atoms with Crippen molar-refractivity contribution in [2.75, 3.05) is 46.6 Å². The molecule has 0 spiro atoms. The second kappa shape index (κ2) is 8.02. The molecule has 1 saturated heterocycles. The van der Waals surface area contributed by atoms with Gasteiger partial charge in [-0.1, -0.05) is 0 Å². The van der Waals surface area contributed by atoms with Crippen molar-refractivity contribution >= 4 is 11.9 Å². The third-order valence-corrected chi connectivity index (χ3v) is 2.73. The number of nitrogens with zero attached hydrogens (tertiary/aromatic N) is 1. The fraction of sp³-hybridized carbons (Fsp3) is 0.818. The molecule has 0 aromatic carbocycles. The minimum Gasteiger partial charge on any atom is -0.480 e. The van der Waals surface area contributed by atoms with Gasteiger partial charge in [-0.05, 0) is 6.42 Å². The quantitative estimate of drug-likeness (QED) is 0.540. The molecule has 1 unspecified atom stereocenters. The van der Waals surface area contributed by atoms with E-state index in [1.807, 2.05) is 0 Å². The standard InChI is InChI=1S/C11H20N2O5/c1-17-5-6-18-4-2-3-13-8-10(14)12-7-9(13)11(15)16/h9H,2-8H2,1H3,(H,12,14)(H,15,16). The van der Waals surface area contributed by atoms with Gasteiger partial charge in [0.05, 0.1) is 19.8 Å². The molecule has 104 valence electrons. The van der Waals surface area contributed by atoms with Crippen molar-refractivity contribution in [1.29, 1.82) is 0 Å². The number of methoxy groups -OCH3 is 1. The zero-order chi connectivity index (χ0) is 13.4. The molecule has 0 aliphatic carbocycles. The van der Waals surface area contributed by atoms with Crippen LogP contribution in [0.3, 0.4) is 0 Å². The average molecular weight is 260 g/mol. The maximum Gasteiger partial charge on any atom is 0.322 e. The Morgan fingerprint density at radius 1 is 1.50 bits per heavy atom. The lowest BCUT2D eigenvalue weighted by Gasteiger charge is -2.32. The number of aliphatic carboxylic acids is 1. The number of carboxylic acid groups (broad SMARTS) is 1. The van der Waals surface area contributed by atoms with Gasteiger partial charge in [-0.2, -0.15) is 0 Å². The van der Waals surface area contributed by atoms with Gasteiger partial charge in [0.25, 0.3) is 0 Å². The summed E-state index contributed by atoms with van der Waals surface area (Å²) in [4.78, 5) is 23.9. The number of piperazine rings is 1. The number of carboxylic acids is 1. The molecule has 1 aliphatic heterocycles. The van der Waals surface area contributed by atoms with Crippen molar-refractivity contribution < 1.29 is 24.2 Å². The van der Waals surface area contributed by atoms with E-state index in [4.69, 9.17) is 14.6 Å². The van der Waals surface area contributed by atoms with Crippen LogP contribution in [0.1, 0.15) is 6.42 Å². The van der Waals surface area contributed by atoms with Crippen LogP contribution in [-0.4, -0.2) is 74.5 Å². The van der Waals surface area contributed by atoms with Crippen LogP contribution in [0.25, 0.3) is 0 Å². The van der Waals surface area contributed by atoms with Crippen molar-refractivity contribution in [2.45, 2.75) is 12.5 Å². The SMILES string of the molecule is COCCOCCCN1CC(=O)NCC1C(=O)O. The lowest BCUT2D eigenvalue weighted by atomic mass is 10.2. The molecule has 0 bridgehead atoms. The Morgan fingerprint density at radius 2 is 2.28 bits per heavy atom. The number of hydrogen-bond acceptors (Lipinski definition) is 5. The Balaban J connectivity index is 2.24. The first-order chi connectivity index (χ1) is 8.65. The van der Waals surface area contributed by atoms with Crippen LogP contribution >= 0.6 is 0 Å². The zero-order valence-corrected chi connectivity index (χ0v) is 10.6. The number of hydrogen-bond donors (Lipinski definition) is 2. The minimum atomic E-state index is -0.907. The van der Waals surface area contributed by atoms with Crippen LogP contribution < -0.4 is 5.32 Å².